The van der Waals surface area contributed by atoms with Gasteiger partial charge in [0, 0.05) is 49.6 Å². The Balaban J connectivity index is 1.57. The zero-order valence-corrected chi connectivity index (χ0v) is 22.0. The second-order valence-corrected chi connectivity index (χ2v) is 9.53. The second kappa shape index (κ2) is 14.5. The lowest BCUT2D eigenvalue weighted by molar-refractivity contribution is -0.143. The Morgan fingerprint density at radius 2 is 1.66 bits per heavy atom. The maximum atomic E-state index is 12.9. The van der Waals surface area contributed by atoms with E-state index in [9.17, 15) is 33.9 Å². The number of carboxylic acids is 2. The van der Waals surface area contributed by atoms with Crippen molar-refractivity contribution in [3.05, 3.63) is 36.4 Å². The number of carboxylic acid groups (broad SMARTS) is 2. The van der Waals surface area contributed by atoms with Crippen LogP contribution in [0.5, 0.6) is 0 Å². The summed E-state index contributed by atoms with van der Waals surface area (Å²) >= 11 is 0. The number of hydrogen-bond donors (Lipinski definition) is 8. The number of nitrogens with one attached hydrogen (secondary N) is 5. The molecule has 2 aromatic heterocycles. The van der Waals surface area contributed by atoms with Gasteiger partial charge in [-0.25, -0.2) is 14.8 Å². The average Bonchev–Trinajstić information content (AvgIpc) is 3.71. The maximum absolute atomic E-state index is 12.9. The molecule has 0 aliphatic carbocycles. The highest BCUT2D eigenvalue weighted by Gasteiger charge is 2.36. The summed E-state index contributed by atoms with van der Waals surface area (Å²) in [4.78, 5) is 88.5. The molecule has 3 heterocycles. The Labute approximate surface area is 233 Å². The largest absolute Gasteiger partial charge is 0.481 e. The molecule has 4 atom stereocenters. The van der Waals surface area contributed by atoms with Gasteiger partial charge in [0.25, 0.3) is 0 Å². The minimum Gasteiger partial charge on any atom is -0.481 e. The van der Waals surface area contributed by atoms with Gasteiger partial charge < -0.3 is 46.8 Å². The van der Waals surface area contributed by atoms with E-state index in [0.29, 0.717) is 30.8 Å². The zero-order chi connectivity index (χ0) is 29.9. The molecule has 3 rings (SSSR count). The number of nitrogens with two attached hydrogens (primary N) is 1. The molecular weight excluding hydrogens is 542 g/mol. The van der Waals surface area contributed by atoms with E-state index in [2.05, 4.69) is 35.9 Å². The quantitative estimate of drug-likeness (QED) is 0.108. The van der Waals surface area contributed by atoms with Gasteiger partial charge in [0.15, 0.2) is 0 Å². The SMILES string of the molecule is N[C@@H](Cc1cnc[nH]1)C(=O)N1CCC[C@H]1C(=O)NCC(=O)N[C@@H](Cc1cnc[nH]1)C(=O)N[C@@H](CCC(=O)O)C(=O)O. The van der Waals surface area contributed by atoms with E-state index < -0.39 is 72.7 Å². The fourth-order valence-corrected chi connectivity index (χ4v) is 4.39. The van der Waals surface area contributed by atoms with Crippen LogP contribution in [0.1, 0.15) is 37.1 Å². The number of carbonyl (C=O) groups excluding carboxylic acids is 4. The van der Waals surface area contributed by atoms with Crippen LogP contribution in [-0.4, -0.2) is 108 Å². The summed E-state index contributed by atoms with van der Waals surface area (Å²) in [6, 6.07) is -4.47. The highest BCUT2D eigenvalue weighted by atomic mass is 16.4. The minimum absolute atomic E-state index is 0.0874. The fourth-order valence-electron chi connectivity index (χ4n) is 4.39. The van der Waals surface area contributed by atoms with Crippen LogP contribution in [0.15, 0.2) is 25.0 Å². The van der Waals surface area contributed by atoms with Crippen molar-refractivity contribution in [1.82, 2.24) is 40.8 Å². The van der Waals surface area contributed by atoms with Crippen LogP contribution >= 0.6 is 0 Å². The normalized spacial score (nSPS) is 16.8. The third-order valence-electron chi connectivity index (χ3n) is 6.47. The van der Waals surface area contributed by atoms with Gasteiger partial charge in [-0.2, -0.15) is 0 Å². The lowest BCUT2D eigenvalue weighted by atomic mass is 10.1. The lowest BCUT2D eigenvalue weighted by Gasteiger charge is -2.26. The van der Waals surface area contributed by atoms with Crippen LogP contribution < -0.4 is 21.7 Å². The number of imidazole rings is 2. The Hall–Kier alpha value is -4.80. The van der Waals surface area contributed by atoms with Crippen molar-refractivity contribution in [1.29, 1.82) is 0 Å². The van der Waals surface area contributed by atoms with Gasteiger partial charge in [-0.1, -0.05) is 0 Å². The number of H-pyrrole nitrogens is 2. The summed E-state index contributed by atoms with van der Waals surface area (Å²) in [6.07, 6.45) is 6.02. The van der Waals surface area contributed by atoms with Crippen molar-refractivity contribution < 1.29 is 39.0 Å². The third kappa shape index (κ3) is 9.13. The van der Waals surface area contributed by atoms with Crippen molar-refractivity contribution in [2.75, 3.05) is 13.1 Å². The predicted molar refractivity (Wildman–Crippen MR) is 139 cm³/mol. The molecular formula is C24H33N9O8. The molecule has 41 heavy (non-hydrogen) atoms. The van der Waals surface area contributed by atoms with E-state index >= 15 is 0 Å². The molecule has 17 nitrogen and oxygen atoms in total. The molecule has 2 aromatic rings. The molecule has 9 N–H and O–H groups in total. The van der Waals surface area contributed by atoms with Gasteiger partial charge in [0.05, 0.1) is 25.2 Å². The van der Waals surface area contributed by atoms with E-state index in [-0.39, 0.29) is 19.3 Å². The van der Waals surface area contributed by atoms with Crippen LogP contribution in [0.3, 0.4) is 0 Å². The molecule has 0 saturated carbocycles. The zero-order valence-electron chi connectivity index (χ0n) is 22.0. The van der Waals surface area contributed by atoms with E-state index in [1.165, 1.54) is 23.8 Å². The van der Waals surface area contributed by atoms with Crippen molar-refractivity contribution in [2.45, 2.75) is 62.7 Å². The molecule has 222 valence electrons. The Morgan fingerprint density at radius 1 is 1.00 bits per heavy atom. The molecule has 0 spiro atoms. The average molecular weight is 576 g/mol. The van der Waals surface area contributed by atoms with Gasteiger partial charge in [-0.3, -0.25) is 24.0 Å². The molecule has 0 radical (unpaired) electrons. The molecule has 1 saturated heterocycles. The topological polar surface area (TPSA) is 266 Å². The summed E-state index contributed by atoms with van der Waals surface area (Å²) in [5, 5.41) is 25.4. The number of hydrogen-bond acceptors (Lipinski definition) is 9. The van der Waals surface area contributed by atoms with E-state index in [0.717, 1.165) is 0 Å². The first kappa shape index (κ1) is 30.7. The number of rotatable bonds is 15. The van der Waals surface area contributed by atoms with Crippen LogP contribution in [0.4, 0.5) is 0 Å². The standard InChI is InChI=1S/C24H33N9O8/c25-15(6-13-8-26-11-29-13)23(39)33-5-1-2-18(33)22(38)28-10-19(34)31-17(7-14-9-27-12-30-14)21(37)32-16(24(40)41)3-4-20(35)36/h8-9,11-12,15-18H,1-7,10,25H2,(H,26,29)(H,27,30)(H,28,38)(H,31,34)(H,32,37)(H,35,36)(H,40,41)/t15-,16-,17-,18-/m0/s1. The molecule has 0 aromatic carbocycles. The molecule has 0 unspecified atom stereocenters. The second-order valence-electron chi connectivity index (χ2n) is 9.53. The number of nitrogens with zero attached hydrogens (tertiary/aromatic N) is 3. The van der Waals surface area contributed by atoms with Gasteiger partial charge >= 0.3 is 11.9 Å². The molecule has 1 aliphatic heterocycles. The minimum atomic E-state index is -1.50. The molecule has 1 aliphatic rings. The Bertz CT molecular complexity index is 1220. The highest BCUT2D eigenvalue weighted by Crippen LogP contribution is 2.19. The first-order valence-corrected chi connectivity index (χ1v) is 12.9. The van der Waals surface area contributed by atoms with Gasteiger partial charge in [-0.15, -0.1) is 0 Å². The summed E-state index contributed by atoms with van der Waals surface area (Å²) in [5.74, 6) is -5.25. The summed E-state index contributed by atoms with van der Waals surface area (Å²) in [5.41, 5.74) is 7.18. The molecule has 1 fully saturated rings. The smallest absolute Gasteiger partial charge is 0.326 e. The maximum Gasteiger partial charge on any atom is 0.326 e. The molecule has 17 heteroatoms. The van der Waals surface area contributed by atoms with E-state index in [1.807, 2.05) is 0 Å². The van der Waals surface area contributed by atoms with Gasteiger partial charge in [0.1, 0.15) is 18.1 Å². The Kier molecular flexibility index (Phi) is 10.9. The van der Waals surface area contributed by atoms with Gasteiger partial charge in [0.2, 0.25) is 23.6 Å². The number of aliphatic carboxylic acids is 2. The molecule has 4 amide bonds. The number of aromatic nitrogens is 4. The van der Waals surface area contributed by atoms with Crippen LogP contribution in [0.2, 0.25) is 0 Å². The highest BCUT2D eigenvalue weighted by molar-refractivity contribution is 5.94. The number of likely N-dealkylation sites (tertiary alicyclic amines) is 1. The molecule has 0 bridgehead atoms. The third-order valence-corrected chi connectivity index (χ3v) is 6.47. The first-order valence-electron chi connectivity index (χ1n) is 12.9. The van der Waals surface area contributed by atoms with Crippen LogP contribution in [0.25, 0.3) is 0 Å². The predicted octanol–water partition coefficient (Wildman–Crippen LogP) is -2.73. The van der Waals surface area contributed by atoms with Crippen LogP contribution in [-0.2, 0) is 41.6 Å². The fraction of sp³-hybridized carbons (Fsp3) is 0.500. The monoisotopic (exact) mass is 575 g/mol. The lowest BCUT2D eigenvalue weighted by Crippen LogP contribution is -2.55. The van der Waals surface area contributed by atoms with Crippen molar-refractivity contribution >= 4 is 35.6 Å². The van der Waals surface area contributed by atoms with Crippen LogP contribution in [0, 0.1) is 0 Å². The van der Waals surface area contributed by atoms with Gasteiger partial charge in [-0.05, 0) is 19.3 Å². The van der Waals surface area contributed by atoms with Crippen molar-refractivity contribution in [2.24, 2.45) is 5.73 Å². The first-order chi connectivity index (χ1) is 19.5. The number of aromatic amines is 2. The van der Waals surface area contributed by atoms with E-state index in [1.54, 1.807) is 6.20 Å². The summed E-state index contributed by atoms with van der Waals surface area (Å²) < 4.78 is 0. The van der Waals surface area contributed by atoms with E-state index in [4.69, 9.17) is 10.8 Å². The summed E-state index contributed by atoms with van der Waals surface area (Å²) in [6.45, 7) is -0.190. The number of amides is 4. The summed E-state index contributed by atoms with van der Waals surface area (Å²) in [7, 11) is 0. The Morgan fingerprint density at radius 3 is 2.24 bits per heavy atom. The number of carbonyl (C=O) groups is 6. The van der Waals surface area contributed by atoms with Crippen molar-refractivity contribution in [3.63, 3.8) is 0 Å². The van der Waals surface area contributed by atoms with Crippen molar-refractivity contribution in [3.8, 4) is 0 Å².